The van der Waals surface area contributed by atoms with Gasteiger partial charge in [0.05, 0.1) is 18.3 Å². The van der Waals surface area contributed by atoms with Crippen molar-refractivity contribution < 1.29 is 28.6 Å². The molecule has 1 N–H and O–H groups in total. The summed E-state index contributed by atoms with van der Waals surface area (Å²) in [6, 6.07) is 13.7. The highest BCUT2D eigenvalue weighted by Crippen LogP contribution is 2.43. The summed E-state index contributed by atoms with van der Waals surface area (Å²) in [6.45, 7) is 8.99. The van der Waals surface area contributed by atoms with E-state index in [-0.39, 0.29) is 17.2 Å². The Hall–Kier alpha value is -3.41. The molecule has 0 spiro atoms. The number of carboxylic acids is 1. The number of ether oxygens (including phenoxy) is 2. The summed E-state index contributed by atoms with van der Waals surface area (Å²) in [5.74, 6) is -2.02. The topological polar surface area (TPSA) is 72.8 Å². The Morgan fingerprint density at radius 1 is 0.907 bits per heavy atom. The van der Waals surface area contributed by atoms with Crippen molar-refractivity contribution in [3.05, 3.63) is 89.3 Å². The molecule has 0 saturated carbocycles. The number of allylic oxidation sites excluding steroid dienone is 2. The second kappa shape index (κ2) is 17.0. The minimum atomic E-state index is -2.12. The number of aliphatic carboxylic acids is 1. The van der Waals surface area contributed by atoms with Gasteiger partial charge in [-0.3, -0.25) is 4.79 Å². The van der Waals surface area contributed by atoms with Crippen LogP contribution in [0.3, 0.4) is 0 Å². The van der Waals surface area contributed by atoms with Crippen molar-refractivity contribution in [2.45, 2.75) is 109 Å². The predicted molar refractivity (Wildman–Crippen MR) is 170 cm³/mol. The van der Waals surface area contributed by atoms with Crippen LogP contribution in [-0.4, -0.2) is 29.8 Å². The van der Waals surface area contributed by atoms with Crippen molar-refractivity contribution >= 4 is 11.9 Å². The summed E-state index contributed by atoms with van der Waals surface area (Å²) < 4.78 is 27.5. The van der Waals surface area contributed by atoms with Gasteiger partial charge in [0.15, 0.2) is 5.41 Å². The smallest absolute Gasteiger partial charge is 0.338 e. The number of unbranched alkanes of at least 4 members (excludes halogenated alkanes) is 6. The van der Waals surface area contributed by atoms with Gasteiger partial charge in [-0.25, -0.2) is 9.18 Å². The van der Waals surface area contributed by atoms with Gasteiger partial charge in [-0.15, -0.1) is 0 Å². The van der Waals surface area contributed by atoms with Crippen LogP contribution < -0.4 is 4.74 Å². The van der Waals surface area contributed by atoms with E-state index >= 15 is 4.39 Å². The summed E-state index contributed by atoms with van der Waals surface area (Å²) in [5, 5.41) is 10.3. The fourth-order valence-corrected chi connectivity index (χ4v) is 5.55. The number of carbonyl (C=O) groups excluding carboxylic acids is 1. The number of carboxylic acid groups (broad SMARTS) is 1. The fourth-order valence-electron chi connectivity index (χ4n) is 5.55. The van der Waals surface area contributed by atoms with E-state index in [4.69, 9.17) is 9.47 Å². The molecule has 6 heteroatoms. The number of halogens is 1. The molecule has 0 radical (unpaired) electrons. The molecule has 0 saturated heterocycles. The summed E-state index contributed by atoms with van der Waals surface area (Å²) in [7, 11) is 0. The first-order valence-electron chi connectivity index (χ1n) is 16.0. The molecular formula is C37H49FO5. The summed E-state index contributed by atoms with van der Waals surface area (Å²) >= 11 is 0. The van der Waals surface area contributed by atoms with E-state index < -0.39 is 29.1 Å². The van der Waals surface area contributed by atoms with Crippen LogP contribution in [0.15, 0.2) is 72.6 Å². The SMILES string of the molecule is CCCCCCCCCOc1ccc(C2C=CC(C(=O)O)(c3ccccc3C(=O)OC(C)CCCC(C)C)C(F)=C2)cc1. The summed E-state index contributed by atoms with van der Waals surface area (Å²) in [6.07, 6.45) is 15.2. The number of hydrogen-bond donors (Lipinski definition) is 1. The molecule has 0 aromatic heterocycles. The van der Waals surface area contributed by atoms with Gasteiger partial charge in [0.1, 0.15) is 11.6 Å². The Morgan fingerprint density at radius 3 is 2.23 bits per heavy atom. The Bertz CT molecular complexity index is 1230. The maximum absolute atomic E-state index is 16.0. The first kappa shape index (κ1) is 34.1. The Kier molecular flexibility index (Phi) is 13.5. The zero-order valence-corrected chi connectivity index (χ0v) is 26.3. The van der Waals surface area contributed by atoms with Gasteiger partial charge in [-0.05, 0) is 67.5 Å². The minimum absolute atomic E-state index is 0.0507. The fraction of sp³-hybridized carbons (Fsp3) is 0.514. The third-order valence-electron chi connectivity index (χ3n) is 8.15. The maximum atomic E-state index is 16.0. The van der Waals surface area contributed by atoms with Crippen molar-refractivity contribution in [1.29, 1.82) is 0 Å². The molecule has 0 amide bonds. The molecule has 0 heterocycles. The summed E-state index contributed by atoms with van der Waals surface area (Å²) in [4.78, 5) is 25.9. The Morgan fingerprint density at radius 2 is 1.58 bits per heavy atom. The molecule has 5 nitrogen and oxygen atoms in total. The number of benzene rings is 2. The second-order valence-electron chi connectivity index (χ2n) is 12.1. The molecule has 0 bridgehead atoms. The van der Waals surface area contributed by atoms with E-state index in [2.05, 4.69) is 20.8 Å². The molecule has 1 aliphatic carbocycles. The number of hydrogen-bond acceptors (Lipinski definition) is 4. The summed E-state index contributed by atoms with van der Waals surface area (Å²) in [5.41, 5.74) is -1.20. The van der Waals surface area contributed by atoms with E-state index in [1.807, 2.05) is 31.2 Å². The number of esters is 1. The van der Waals surface area contributed by atoms with E-state index in [1.165, 1.54) is 56.4 Å². The van der Waals surface area contributed by atoms with Crippen molar-refractivity contribution in [2.24, 2.45) is 5.92 Å². The zero-order valence-electron chi connectivity index (χ0n) is 26.3. The number of carbonyl (C=O) groups is 2. The van der Waals surface area contributed by atoms with Crippen molar-refractivity contribution in [3.63, 3.8) is 0 Å². The Balaban J connectivity index is 1.68. The molecule has 0 fully saturated rings. The lowest BCUT2D eigenvalue weighted by molar-refractivity contribution is -0.141. The van der Waals surface area contributed by atoms with Crippen molar-refractivity contribution in [3.8, 4) is 5.75 Å². The third-order valence-corrected chi connectivity index (χ3v) is 8.15. The van der Waals surface area contributed by atoms with E-state index in [0.29, 0.717) is 18.9 Å². The van der Waals surface area contributed by atoms with Crippen LogP contribution in [0.25, 0.3) is 0 Å². The van der Waals surface area contributed by atoms with Crippen LogP contribution >= 0.6 is 0 Å². The lowest BCUT2D eigenvalue weighted by Crippen LogP contribution is -2.38. The molecule has 3 unspecified atom stereocenters. The van der Waals surface area contributed by atoms with Crippen LogP contribution in [0.1, 0.15) is 119 Å². The molecule has 2 aromatic carbocycles. The van der Waals surface area contributed by atoms with Gasteiger partial charge in [0.25, 0.3) is 0 Å². The van der Waals surface area contributed by atoms with Crippen LogP contribution in [-0.2, 0) is 14.9 Å². The standard InChI is InChI=1S/C37H49FO5/c1-5-6-7-8-9-10-13-25-42-31-21-19-29(20-22-31)30-23-24-37(36(40)41,34(38)26-30)33-18-12-11-17-32(33)35(39)43-28(4)16-14-15-27(2)3/h11-12,17-24,26-28,30H,5-10,13-16,25H2,1-4H3,(H,40,41). The molecule has 0 aliphatic heterocycles. The van der Waals surface area contributed by atoms with Gasteiger partial charge in [-0.2, -0.15) is 0 Å². The van der Waals surface area contributed by atoms with Gasteiger partial charge < -0.3 is 14.6 Å². The predicted octanol–water partition coefficient (Wildman–Crippen LogP) is 9.72. The Labute approximate surface area is 257 Å². The zero-order chi connectivity index (χ0) is 31.2. The van der Waals surface area contributed by atoms with E-state index in [9.17, 15) is 14.7 Å². The first-order chi connectivity index (χ1) is 20.7. The molecule has 2 aromatic rings. The second-order valence-corrected chi connectivity index (χ2v) is 12.1. The van der Waals surface area contributed by atoms with Crippen molar-refractivity contribution in [2.75, 3.05) is 6.61 Å². The molecule has 3 atom stereocenters. The lowest BCUT2D eigenvalue weighted by Gasteiger charge is -2.31. The van der Waals surface area contributed by atoms with Crippen LogP contribution in [0.4, 0.5) is 4.39 Å². The van der Waals surface area contributed by atoms with E-state index in [0.717, 1.165) is 37.0 Å². The first-order valence-corrected chi connectivity index (χ1v) is 16.0. The molecule has 234 valence electrons. The maximum Gasteiger partial charge on any atom is 0.338 e. The third kappa shape index (κ3) is 9.54. The number of rotatable bonds is 18. The van der Waals surface area contributed by atoms with Crippen LogP contribution in [0.2, 0.25) is 0 Å². The average molecular weight is 593 g/mol. The van der Waals surface area contributed by atoms with Crippen molar-refractivity contribution in [1.82, 2.24) is 0 Å². The monoisotopic (exact) mass is 592 g/mol. The van der Waals surface area contributed by atoms with Crippen LogP contribution in [0.5, 0.6) is 5.75 Å². The van der Waals surface area contributed by atoms with Crippen LogP contribution in [0, 0.1) is 5.92 Å². The normalized spacial score (nSPS) is 18.7. The van der Waals surface area contributed by atoms with Gasteiger partial charge >= 0.3 is 11.9 Å². The average Bonchev–Trinajstić information content (AvgIpc) is 2.98. The molecular weight excluding hydrogens is 543 g/mol. The van der Waals surface area contributed by atoms with E-state index in [1.54, 1.807) is 18.2 Å². The van der Waals surface area contributed by atoms with Gasteiger partial charge in [0.2, 0.25) is 0 Å². The molecule has 3 rings (SSSR count). The molecule has 43 heavy (non-hydrogen) atoms. The highest BCUT2D eigenvalue weighted by atomic mass is 19.1. The highest BCUT2D eigenvalue weighted by Gasteiger charge is 2.47. The quantitative estimate of drug-likeness (QED) is 0.106. The largest absolute Gasteiger partial charge is 0.494 e. The van der Waals surface area contributed by atoms with Gasteiger partial charge in [0, 0.05) is 5.92 Å². The highest BCUT2D eigenvalue weighted by molar-refractivity contribution is 5.97. The lowest BCUT2D eigenvalue weighted by atomic mass is 9.72. The van der Waals surface area contributed by atoms with Gasteiger partial charge in [-0.1, -0.05) is 108 Å². The minimum Gasteiger partial charge on any atom is -0.494 e. The molecule has 1 aliphatic rings.